The summed E-state index contributed by atoms with van der Waals surface area (Å²) >= 11 is 0. The standard InChI is InChI=1S/C10H17FN4O5/c1-20-10(4-12,5-16)7(17)8(11)15-3-2-6(14-19)13-9(15)18/h2-3,7-8,16-17,19H,4-5,12H2,1H3,(H,13,14,18)/t7-,8-,10+/m0/s1. The lowest BCUT2D eigenvalue weighted by Gasteiger charge is -2.35. The van der Waals surface area contributed by atoms with Crippen molar-refractivity contribution in [2.75, 3.05) is 25.7 Å². The number of aromatic nitrogens is 2. The summed E-state index contributed by atoms with van der Waals surface area (Å²) in [6.45, 7) is -1.10. The Morgan fingerprint density at radius 3 is 2.75 bits per heavy atom. The number of nitrogens with two attached hydrogens (primary N) is 1. The molecule has 0 aliphatic rings. The maximum absolute atomic E-state index is 14.2. The van der Waals surface area contributed by atoms with E-state index in [2.05, 4.69) is 4.98 Å². The number of aliphatic hydroxyl groups excluding tert-OH is 2. The number of methoxy groups -OCH3 is 1. The van der Waals surface area contributed by atoms with Crippen molar-refractivity contribution < 1.29 is 24.5 Å². The normalized spacial score (nSPS) is 17.3. The molecule has 6 N–H and O–H groups in total. The molecule has 3 atom stereocenters. The monoisotopic (exact) mass is 292 g/mol. The summed E-state index contributed by atoms with van der Waals surface area (Å²) in [5.41, 5.74) is 4.22. The van der Waals surface area contributed by atoms with Crippen molar-refractivity contribution in [1.82, 2.24) is 9.55 Å². The average Bonchev–Trinajstić information content (AvgIpc) is 2.48. The molecular weight excluding hydrogens is 275 g/mol. The van der Waals surface area contributed by atoms with E-state index in [0.717, 1.165) is 19.4 Å². The SMILES string of the molecule is CO[C@](CN)(CO)[C@@H](O)[C@@H](F)n1ccc(NO)nc1=O. The van der Waals surface area contributed by atoms with Crippen molar-refractivity contribution in [1.29, 1.82) is 0 Å². The minimum Gasteiger partial charge on any atom is -0.393 e. The molecule has 20 heavy (non-hydrogen) atoms. The fourth-order valence-corrected chi connectivity index (χ4v) is 1.61. The molecule has 0 spiro atoms. The van der Waals surface area contributed by atoms with Gasteiger partial charge in [0.15, 0.2) is 5.82 Å². The van der Waals surface area contributed by atoms with Crippen molar-refractivity contribution in [2.45, 2.75) is 18.0 Å². The van der Waals surface area contributed by atoms with Crippen molar-refractivity contribution in [3.05, 3.63) is 22.7 Å². The smallest absolute Gasteiger partial charge is 0.352 e. The molecule has 1 heterocycles. The van der Waals surface area contributed by atoms with Gasteiger partial charge in [0.25, 0.3) is 0 Å². The molecule has 0 amide bonds. The Kier molecular flexibility index (Phi) is 5.53. The molecule has 0 fully saturated rings. The van der Waals surface area contributed by atoms with Crippen LogP contribution in [0.2, 0.25) is 0 Å². The van der Waals surface area contributed by atoms with Crippen molar-refractivity contribution in [2.24, 2.45) is 5.73 Å². The lowest BCUT2D eigenvalue weighted by molar-refractivity contribution is -0.158. The molecule has 1 rings (SSSR count). The topological polar surface area (TPSA) is 143 Å². The molecule has 0 unspecified atom stereocenters. The van der Waals surface area contributed by atoms with Gasteiger partial charge in [-0.05, 0) is 6.07 Å². The van der Waals surface area contributed by atoms with Gasteiger partial charge >= 0.3 is 5.69 Å². The molecule has 0 bridgehead atoms. The van der Waals surface area contributed by atoms with E-state index in [1.54, 1.807) is 5.48 Å². The van der Waals surface area contributed by atoms with E-state index < -0.39 is 30.3 Å². The number of nitrogens with one attached hydrogen (secondary N) is 1. The van der Waals surface area contributed by atoms with Crippen molar-refractivity contribution in [3.8, 4) is 0 Å². The molecule has 0 aromatic carbocycles. The van der Waals surface area contributed by atoms with Crippen LogP contribution in [-0.4, -0.2) is 56.9 Å². The summed E-state index contributed by atoms with van der Waals surface area (Å²) < 4.78 is 19.6. The second-order valence-electron chi connectivity index (χ2n) is 4.06. The van der Waals surface area contributed by atoms with Gasteiger partial charge in [0, 0.05) is 19.9 Å². The molecule has 0 saturated heterocycles. The van der Waals surface area contributed by atoms with Crippen LogP contribution >= 0.6 is 0 Å². The van der Waals surface area contributed by atoms with E-state index in [-0.39, 0.29) is 12.4 Å². The molecule has 0 aliphatic heterocycles. The minimum atomic E-state index is -2.24. The highest BCUT2D eigenvalue weighted by molar-refractivity contribution is 5.28. The third kappa shape index (κ3) is 2.94. The number of ether oxygens (including phenoxy) is 1. The van der Waals surface area contributed by atoms with E-state index in [1.807, 2.05) is 0 Å². The van der Waals surface area contributed by atoms with Crippen molar-refractivity contribution >= 4 is 5.82 Å². The van der Waals surface area contributed by atoms with Crippen LogP contribution < -0.4 is 16.9 Å². The van der Waals surface area contributed by atoms with Gasteiger partial charge in [0.2, 0.25) is 6.30 Å². The predicted octanol–water partition coefficient (Wildman–Crippen LogP) is -1.79. The van der Waals surface area contributed by atoms with Crippen LogP contribution in [0.1, 0.15) is 6.30 Å². The summed E-state index contributed by atoms with van der Waals surface area (Å²) in [4.78, 5) is 14.9. The summed E-state index contributed by atoms with van der Waals surface area (Å²) in [5.74, 6) is -0.174. The number of hydrogen-bond acceptors (Lipinski definition) is 8. The number of hydrogen-bond donors (Lipinski definition) is 5. The average molecular weight is 292 g/mol. The summed E-state index contributed by atoms with van der Waals surface area (Å²) in [6.07, 6.45) is -3.15. The van der Waals surface area contributed by atoms with Gasteiger partial charge in [-0.3, -0.25) is 15.3 Å². The number of aliphatic hydroxyl groups is 2. The Balaban J connectivity index is 3.11. The molecule has 1 aromatic rings. The third-order valence-electron chi connectivity index (χ3n) is 3.03. The highest BCUT2D eigenvalue weighted by Gasteiger charge is 2.42. The van der Waals surface area contributed by atoms with E-state index in [4.69, 9.17) is 15.7 Å². The molecule has 1 aromatic heterocycles. The van der Waals surface area contributed by atoms with Gasteiger partial charge in [-0.25, -0.2) is 9.18 Å². The Labute approximate surface area is 113 Å². The van der Waals surface area contributed by atoms with Crippen molar-refractivity contribution in [3.63, 3.8) is 0 Å². The van der Waals surface area contributed by atoms with E-state index in [1.165, 1.54) is 0 Å². The molecular formula is C10H17FN4O5. The van der Waals surface area contributed by atoms with Gasteiger partial charge in [0.05, 0.1) is 6.61 Å². The highest BCUT2D eigenvalue weighted by Crippen LogP contribution is 2.24. The van der Waals surface area contributed by atoms with Crippen LogP contribution in [0.3, 0.4) is 0 Å². The third-order valence-corrected chi connectivity index (χ3v) is 3.03. The molecule has 9 nitrogen and oxygen atoms in total. The van der Waals surface area contributed by atoms with E-state index >= 15 is 0 Å². The van der Waals surface area contributed by atoms with E-state index in [0.29, 0.717) is 4.57 Å². The van der Waals surface area contributed by atoms with Gasteiger partial charge in [-0.15, -0.1) is 0 Å². The van der Waals surface area contributed by atoms with Crippen LogP contribution in [0, 0.1) is 0 Å². The first-order valence-corrected chi connectivity index (χ1v) is 5.63. The van der Waals surface area contributed by atoms with E-state index in [9.17, 15) is 19.4 Å². The van der Waals surface area contributed by atoms with Crippen LogP contribution in [0.5, 0.6) is 0 Å². The maximum atomic E-state index is 14.2. The number of nitrogens with zero attached hydrogens (tertiary/aromatic N) is 2. The first kappa shape index (κ1) is 16.5. The van der Waals surface area contributed by atoms with Crippen LogP contribution in [0.15, 0.2) is 17.1 Å². The molecule has 10 heteroatoms. The Hall–Kier alpha value is -1.59. The number of anilines is 1. The zero-order valence-corrected chi connectivity index (χ0v) is 10.7. The molecule has 114 valence electrons. The van der Waals surface area contributed by atoms with Gasteiger partial charge in [-0.2, -0.15) is 4.98 Å². The minimum absolute atomic E-state index is 0.174. The van der Waals surface area contributed by atoms with Crippen LogP contribution in [0.25, 0.3) is 0 Å². The fraction of sp³-hybridized carbons (Fsp3) is 0.600. The number of halogens is 1. The van der Waals surface area contributed by atoms with Gasteiger partial charge < -0.3 is 20.7 Å². The molecule has 0 aliphatic carbocycles. The molecule has 0 radical (unpaired) electrons. The maximum Gasteiger partial charge on any atom is 0.352 e. The van der Waals surface area contributed by atoms with Gasteiger partial charge in [0.1, 0.15) is 11.7 Å². The zero-order chi connectivity index (χ0) is 15.3. The summed E-state index contributed by atoms with van der Waals surface area (Å²) in [6, 6.07) is 1.12. The van der Waals surface area contributed by atoms with Crippen LogP contribution in [0.4, 0.5) is 10.2 Å². The van der Waals surface area contributed by atoms with Crippen LogP contribution in [-0.2, 0) is 4.74 Å². The Bertz CT molecular complexity index is 485. The fourth-order valence-electron chi connectivity index (χ4n) is 1.61. The number of rotatable bonds is 7. The lowest BCUT2D eigenvalue weighted by Crippen LogP contribution is -2.56. The second-order valence-corrected chi connectivity index (χ2v) is 4.06. The zero-order valence-electron chi connectivity index (χ0n) is 10.7. The summed E-state index contributed by atoms with van der Waals surface area (Å²) in [7, 11) is 1.15. The molecule has 0 saturated carbocycles. The second kappa shape index (κ2) is 6.72. The lowest BCUT2D eigenvalue weighted by atomic mass is 9.96. The highest BCUT2D eigenvalue weighted by atomic mass is 19.1. The Morgan fingerprint density at radius 2 is 2.35 bits per heavy atom. The number of alkyl halides is 1. The predicted molar refractivity (Wildman–Crippen MR) is 65.9 cm³/mol. The Morgan fingerprint density at radius 1 is 1.70 bits per heavy atom. The van der Waals surface area contributed by atoms with Gasteiger partial charge in [-0.1, -0.05) is 0 Å². The largest absolute Gasteiger partial charge is 0.393 e. The quantitative estimate of drug-likeness (QED) is 0.371. The first-order chi connectivity index (χ1) is 9.45. The summed E-state index contributed by atoms with van der Waals surface area (Å²) in [5, 5.41) is 27.7. The first-order valence-electron chi connectivity index (χ1n) is 5.63.